The summed E-state index contributed by atoms with van der Waals surface area (Å²) in [6, 6.07) is 22.9. The van der Waals surface area contributed by atoms with Crippen LogP contribution in [-0.2, 0) is 11.3 Å². The fraction of sp³-hybridized carbons (Fsp3) is 0.267. The van der Waals surface area contributed by atoms with Gasteiger partial charge >= 0.3 is 0 Å². The van der Waals surface area contributed by atoms with Crippen LogP contribution in [0.2, 0.25) is 5.02 Å². The van der Waals surface area contributed by atoms with E-state index in [9.17, 15) is 4.79 Å². The summed E-state index contributed by atoms with van der Waals surface area (Å²) in [5.74, 6) is 2.68. The smallest absolute Gasteiger partial charge is 0.257 e. The van der Waals surface area contributed by atoms with Gasteiger partial charge in [-0.1, -0.05) is 30.3 Å². The van der Waals surface area contributed by atoms with Crippen molar-refractivity contribution in [3.63, 3.8) is 0 Å². The van der Waals surface area contributed by atoms with Gasteiger partial charge in [-0.15, -0.1) is 0 Å². The Labute approximate surface area is 238 Å². The van der Waals surface area contributed by atoms with Crippen LogP contribution in [0.3, 0.4) is 0 Å². The van der Waals surface area contributed by atoms with E-state index >= 15 is 0 Å². The SMILES string of the molecule is CCCn1c(SCCNC(=O)COc2ccc(Cl)cc2)nc(-c2ccc(OC)cc2)c1-c1ccc(OC)cc1. The molecule has 7 nitrogen and oxygen atoms in total. The van der Waals surface area contributed by atoms with Crippen molar-refractivity contribution >= 4 is 29.3 Å². The molecule has 3 aromatic carbocycles. The standard InChI is InChI=1S/C30H32ClN3O4S/c1-4-18-34-29(22-7-13-25(37-3)14-8-22)28(21-5-11-24(36-2)12-6-21)33-30(34)39-19-17-32-27(35)20-38-26-15-9-23(31)10-16-26/h5-16H,4,17-20H2,1-3H3,(H,32,35). The zero-order chi connectivity index (χ0) is 27.6. The van der Waals surface area contributed by atoms with Crippen LogP contribution < -0.4 is 19.5 Å². The fourth-order valence-electron chi connectivity index (χ4n) is 4.03. The van der Waals surface area contributed by atoms with E-state index in [4.69, 9.17) is 30.8 Å². The predicted octanol–water partition coefficient (Wildman–Crippen LogP) is 6.59. The lowest BCUT2D eigenvalue weighted by molar-refractivity contribution is -0.122. The first-order valence-electron chi connectivity index (χ1n) is 12.7. The number of benzene rings is 3. The number of amides is 1. The molecule has 0 fully saturated rings. The van der Waals surface area contributed by atoms with Crippen LogP contribution in [0, 0.1) is 0 Å². The normalized spacial score (nSPS) is 10.8. The number of nitrogens with one attached hydrogen (secondary N) is 1. The highest BCUT2D eigenvalue weighted by atomic mass is 35.5. The van der Waals surface area contributed by atoms with Crippen molar-refractivity contribution in [2.75, 3.05) is 33.1 Å². The van der Waals surface area contributed by atoms with E-state index in [1.807, 2.05) is 36.4 Å². The molecule has 4 aromatic rings. The molecule has 4 rings (SSSR count). The Hall–Kier alpha value is -3.62. The van der Waals surface area contributed by atoms with Gasteiger partial charge in [0.25, 0.3) is 5.91 Å². The molecule has 1 N–H and O–H groups in total. The van der Waals surface area contributed by atoms with Gasteiger partial charge in [0, 0.05) is 35.0 Å². The second kappa shape index (κ2) is 14.0. The molecule has 0 saturated heterocycles. The number of thioether (sulfide) groups is 1. The van der Waals surface area contributed by atoms with Crippen LogP contribution in [0.1, 0.15) is 13.3 Å². The van der Waals surface area contributed by atoms with Crippen LogP contribution in [0.5, 0.6) is 17.2 Å². The van der Waals surface area contributed by atoms with Gasteiger partial charge in [0.1, 0.15) is 17.2 Å². The molecule has 0 unspecified atom stereocenters. The number of nitrogens with zero attached hydrogens (tertiary/aromatic N) is 2. The minimum Gasteiger partial charge on any atom is -0.497 e. The average Bonchev–Trinajstić information content (AvgIpc) is 3.33. The van der Waals surface area contributed by atoms with Gasteiger partial charge in [0.2, 0.25) is 0 Å². The van der Waals surface area contributed by atoms with Crippen LogP contribution >= 0.6 is 23.4 Å². The molecule has 0 aliphatic carbocycles. The van der Waals surface area contributed by atoms with Crippen LogP contribution in [0.25, 0.3) is 22.5 Å². The number of hydrogen-bond acceptors (Lipinski definition) is 6. The molecule has 0 aliphatic rings. The number of hydrogen-bond donors (Lipinski definition) is 1. The van der Waals surface area contributed by atoms with Gasteiger partial charge in [0.05, 0.1) is 25.6 Å². The molecule has 1 amide bonds. The van der Waals surface area contributed by atoms with E-state index in [2.05, 4.69) is 28.9 Å². The number of aromatic nitrogens is 2. The number of rotatable bonds is 13. The maximum absolute atomic E-state index is 12.3. The summed E-state index contributed by atoms with van der Waals surface area (Å²) < 4.78 is 18.5. The second-order valence-corrected chi connectivity index (χ2v) is 10.1. The van der Waals surface area contributed by atoms with Crippen LogP contribution in [0.15, 0.2) is 78.0 Å². The molecule has 0 radical (unpaired) electrons. The van der Waals surface area contributed by atoms with Crippen molar-refractivity contribution in [1.82, 2.24) is 14.9 Å². The van der Waals surface area contributed by atoms with Gasteiger partial charge in [-0.25, -0.2) is 4.98 Å². The maximum Gasteiger partial charge on any atom is 0.257 e. The molecule has 39 heavy (non-hydrogen) atoms. The summed E-state index contributed by atoms with van der Waals surface area (Å²) in [4.78, 5) is 17.4. The number of carbonyl (C=O) groups excluding carboxylic acids is 1. The summed E-state index contributed by atoms with van der Waals surface area (Å²) in [6.07, 6.45) is 0.952. The van der Waals surface area contributed by atoms with Gasteiger partial charge in [0.15, 0.2) is 11.8 Å². The number of halogens is 1. The minimum atomic E-state index is -0.180. The van der Waals surface area contributed by atoms with E-state index in [0.29, 0.717) is 23.1 Å². The van der Waals surface area contributed by atoms with E-state index in [1.165, 1.54) is 0 Å². The predicted molar refractivity (Wildman–Crippen MR) is 157 cm³/mol. The lowest BCUT2D eigenvalue weighted by atomic mass is 10.0. The highest BCUT2D eigenvalue weighted by Crippen LogP contribution is 2.37. The third-order valence-electron chi connectivity index (χ3n) is 5.95. The van der Waals surface area contributed by atoms with E-state index in [-0.39, 0.29) is 12.5 Å². The maximum atomic E-state index is 12.3. The quantitative estimate of drug-likeness (QED) is 0.146. The van der Waals surface area contributed by atoms with E-state index in [1.54, 1.807) is 50.2 Å². The van der Waals surface area contributed by atoms with Gasteiger partial charge in [-0.05, 0) is 79.2 Å². The summed E-state index contributed by atoms with van der Waals surface area (Å²) in [5.41, 5.74) is 4.01. The monoisotopic (exact) mass is 565 g/mol. The Balaban J connectivity index is 1.50. The third kappa shape index (κ3) is 7.49. The van der Waals surface area contributed by atoms with Crippen molar-refractivity contribution in [3.8, 4) is 39.8 Å². The number of ether oxygens (including phenoxy) is 3. The molecule has 0 atom stereocenters. The van der Waals surface area contributed by atoms with Crippen LogP contribution in [0.4, 0.5) is 0 Å². The summed E-state index contributed by atoms with van der Waals surface area (Å²) >= 11 is 7.51. The largest absolute Gasteiger partial charge is 0.497 e. The summed E-state index contributed by atoms with van der Waals surface area (Å²) in [7, 11) is 3.32. The summed E-state index contributed by atoms with van der Waals surface area (Å²) in [6.45, 7) is 3.40. The third-order valence-corrected chi connectivity index (χ3v) is 7.18. The van der Waals surface area contributed by atoms with E-state index < -0.39 is 0 Å². The van der Waals surface area contributed by atoms with E-state index in [0.717, 1.165) is 52.1 Å². The van der Waals surface area contributed by atoms with Crippen molar-refractivity contribution in [1.29, 1.82) is 0 Å². The second-order valence-electron chi connectivity index (χ2n) is 8.64. The summed E-state index contributed by atoms with van der Waals surface area (Å²) in [5, 5.41) is 4.44. The van der Waals surface area contributed by atoms with Crippen molar-refractivity contribution in [2.45, 2.75) is 25.0 Å². The fourth-order valence-corrected chi connectivity index (χ4v) is 5.04. The van der Waals surface area contributed by atoms with Crippen LogP contribution in [-0.4, -0.2) is 48.6 Å². The number of imidazole rings is 1. The van der Waals surface area contributed by atoms with Gasteiger partial charge in [-0.3, -0.25) is 4.79 Å². The first-order valence-corrected chi connectivity index (χ1v) is 14.1. The highest BCUT2D eigenvalue weighted by Gasteiger charge is 2.20. The van der Waals surface area contributed by atoms with Gasteiger partial charge in [-0.2, -0.15) is 0 Å². The molecule has 1 heterocycles. The number of carbonyl (C=O) groups is 1. The Kier molecular flexibility index (Phi) is 10.2. The molecule has 0 saturated carbocycles. The van der Waals surface area contributed by atoms with Crippen molar-refractivity contribution in [3.05, 3.63) is 77.8 Å². The topological polar surface area (TPSA) is 74.6 Å². The first-order chi connectivity index (χ1) is 19.0. The molecule has 1 aromatic heterocycles. The minimum absolute atomic E-state index is 0.0556. The number of methoxy groups -OCH3 is 2. The molecule has 204 valence electrons. The Bertz CT molecular complexity index is 1360. The Morgan fingerprint density at radius 2 is 1.49 bits per heavy atom. The molecular weight excluding hydrogens is 534 g/mol. The zero-order valence-corrected chi connectivity index (χ0v) is 23.8. The lowest BCUT2D eigenvalue weighted by Gasteiger charge is -2.13. The Morgan fingerprint density at radius 3 is 2.08 bits per heavy atom. The molecule has 9 heteroatoms. The van der Waals surface area contributed by atoms with Crippen molar-refractivity contribution < 1.29 is 19.0 Å². The molecule has 0 bridgehead atoms. The van der Waals surface area contributed by atoms with Crippen molar-refractivity contribution in [2.24, 2.45) is 0 Å². The van der Waals surface area contributed by atoms with Gasteiger partial charge < -0.3 is 24.1 Å². The first kappa shape index (κ1) is 28.4. The molecule has 0 aliphatic heterocycles. The highest BCUT2D eigenvalue weighted by molar-refractivity contribution is 7.99. The average molecular weight is 566 g/mol. The molecular formula is C30H32ClN3O4S. The Morgan fingerprint density at radius 1 is 0.897 bits per heavy atom. The molecule has 0 spiro atoms. The zero-order valence-electron chi connectivity index (χ0n) is 22.3. The lowest BCUT2D eigenvalue weighted by Crippen LogP contribution is -2.30.